The Bertz CT molecular complexity index is 764. The van der Waals surface area contributed by atoms with Crippen molar-refractivity contribution in [3.05, 3.63) is 75.3 Å². The number of hydrogen-bond donors (Lipinski definition) is 0. The Hall–Kier alpha value is -2.95. The lowest BCUT2D eigenvalue weighted by Gasteiger charge is -2.18. The van der Waals surface area contributed by atoms with Crippen LogP contribution in [0.2, 0.25) is 0 Å². The number of ether oxygens (including phenoxy) is 1. The summed E-state index contributed by atoms with van der Waals surface area (Å²) >= 11 is 0. The molecule has 3 rings (SSSR count). The summed E-state index contributed by atoms with van der Waals surface area (Å²) in [6.45, 7) is 0.225. The third kappa shape index (κ3) is 2.41. The minimum absolute atomic E-state index is 0.0409. The van der Waals surface area contributed by atoms with E-state index in [9.17, 15) is 14.9 Å². The molecule has 0 radical (unpaired) electrons. The second kappa shape index (κ2) is 5.20. The van der Waals surface area contributed by atoms with Crippen molar-refractivity contribution in [2.45, 2.75) is 6.61 Å². The van der Waals surface area contributed by atoms with Gasteiger partial charge in [-0.05, 0) is 23.3 Å². The summed E-state index contributed by atoms with van der Waals surface area (Å²) in [6.07, 6.45) is 1.51. The van der Waals surface area contributed by atoms with Crippen LogP contribution in [0.5, 0.6) is 0 Å². The fraction of sp³-hybridized carbons (Fsp3) is 0.0625. The third-order valence-electron chi connectivity index (χ3n) is 3.32. The number of cyclic esters (lactones) is 1. The van der Waals surface area contributed by atoms with Crippen LogP contribution < -0.4 is 0 Å². The van der Waals surface area contributed by atoms with Crippen LogP contribution in [0.1, 0.15) is 16.7 Å². The van der Waals surface area contributed by atoms with E-state index in [1.165, 1.54) is 12.1 Å². The van der Waals surface area contributed by atoms with Crippen molar-refractivity contribution >= 4 is 23.3 Å². The zero-order valence-corrected chi connectivity index (χ0v) is 11.0. The number of nitrogens with zero attached hydrogens (tertiary/aromatic N) is 1. The van der Waals surface area contributed by atoms with Crippen LogP contribution in [0.25, 0.3) is 11.6 Å². The molecule has 0 spiro atoms. The van der Waals surface area contributed by atoms with E-state index in [0.29, 0.717) is 11.1 Å². The van der Waals surface area contributed by atoms with Gasteiger partial charge in [-0.15, -0.1) is 0 Å². The molecule has 0 N–H and O–H groups in total. The van der Waals surface area contributed by atoms with E-state index < -0.39 is 10.9 Å². The van der Waals surface area contributed by atoms with Gasteiger partial charge in [0.15, 0.2) is 0 Å². The predicted molar refractivity (Wildman–Crippen MR) is 77.2 cm³/mol. The summed E-state index contributed by atoms with van der Waals surface area (Å²) in [5.41, 5.74) is 2.33. The van der Waals surface area contributed by atoms with Crippen LogP contribution >= 0.6 is 0 Å². The lowest BCUT2D eigenvalue weighted by Crippen LogP contribution is -2.15. The molecule has 0 fully saturated rings. The van der Waals surface area contributed by atoms with Crippen molar-refractivity contribution in [3.8, 4) is 0 Å². The Morgan fingerprint density at radius 1 is 1.10 bits per heavy atom. The quantitative estimate of drug-likeness (QED) is 0.367. The number of carbonyl (C=O) groups is 1. The maximum atomic E-state index is 12.0. The summed E-state index contributed by atoms with van der Waals surface area (Å²) in [6, 6.07) is 13.7. The SMILES string of the molecule is O=C1OCc2ccccc2/C1=C\c1ccccc1[N+](=O)[O-]. The highest BCUT2D eigenvalue weighted by Gasteiger charge is 2.23. The molecule has 5 heteroatoms. The number of rotatable bonds is 2. The van der Waals surface area contributed by atoms with Gasteiger partial charge in [0, 0.05) is 6.07 Å². The largest absolute Gasteiger partial charge is 0.457 e. The fourth-order valence-electron chi connectivity index (χ4n) is 2.31. The van der Waals surface area contributed by atoms with Gasteiger partial charge in [-0.2, -0.15) is 0 Å². The predicted octanol–water partition coefficient (Wildman–Crippen LogP) is 3.19. The molecule has 0 unspecified atom stereocenters. The molecule has 0 aliphatic carbocycles. The summed E-state index contributed by atoms with van der Waals surface area (Å²) in [5, 5.41) is 11.1. The highest BCUT2D eigenvalue weighted by Crippen LogP contribution is 2.30. The van der Waals surface area contributed by atoms with E-state index in [2.05, 4.69) is 0 Å². The van der Waals surface area contributed by atoms with Crippen molar-refractivity contribution < 1.29 is 14.5 Å². The summed E-state index contributed by atoms with van der Waals surface area (Å²) in [7, 11) is 0. The number of hydrogen-bond acceptors (Lipinski definition) is 4. The van der Waals surface area contributed by atoms with Crippen LogP contribution in [0, 0.1) is 10.1 Å². The van der Waals surface area contributed by atoms with Gasteiger partial charge in [-0.25, -0.2) is 4.79 Å². The van der Waals surface area contributed by atoms with E-state index in [1.54, 1.807) is 18.2 Å². The van der Waals surface area contributed by atoms with Crippen LogP contribution in [0.15, 0.2) is 48.5 Å². The summed E-state index contributed by atoms with van der Waals surface area (Å²) < 4.78 is 5.11. The van der Waals surface area contributed by atoms with Crippen LogP contribution in [-0.4, -0.2) is 10.9 Å². The average Bonchev–Trinajstić information content (AvgIpc) is 2.50. The first-order valence-corrected chi connectivity index (χ1v) is 6.37. The highest BCUT2D eigenvalue weighted by atomic mass is 16.6. The molecule has 2 aromatic rings. The first kappa shape index (κ1) is 13.1. The zero-order valence-electron chi connectivity index (χ0n) is 11.0. The Kier molecular flexibility index (Phi) is 3.23. The van der Waals surface area contributed by atoms with Gasteiger partial charge >= 0.3 is 5.97 Å². The summed E-state index contributed by atoms with van der Waals surface area (Å²) in [5.74, 6) is -0.466. The van der Waals surface area contributed by atoms with Crippen LogP contribution in [0.3, 0.4) is 0 Å². The molecular weight excluding hydrogens is 270 g/mol. The minimum atomic E-state index is -0.466. The highest BCUT2D eigenvalue weighted by molar-refractivity contribution is 6.23. The minimum Gasteiger partial charge on any atom is -0.457 e. The van der Waals surface area contributed by atoms with Crippen LogP contribution in [-0.2, 0) is 16.1 Å². The van der Waals surface area contributed by atoms with Crippen molar-refractivity contribution in [1.29, 1.82) is 0 Å². The van der Waals surface area contributed by atoms with E-state index in [1.807, 2.05) is 24.3 Å². The van der Waals surface area contributed by atoms with E-state index in [0.717, 1.165) is 11.1 Å². The van der Waals surface area contributed by atoms with Gasteiger partial charge in [0.2, 0.25) is 0 Å². The number of nitro benzene ring substituents is 1. The second-order valence-corrected chi connectivity index (χ2v) is 4.61. The van der Waals surface area contributed by atoms with E-state index >= 15 is 0 Å². The van der Waals surface area contributed by atoms with Crippen LogP contribution in [0.4, 0.5) is 5.69 Å². The molecular formula is C16H11NO4. The monoisotopic (exact) mass is 281 g/mol. The van der Waals surface area contributed by atoms with Crippen molar-refractivity contribution in [2.75, 3.05) is 0 Å². The maximum absolute atomic E-state index is 12.0. The molecule has 0 saturated heterocycles. The first-order valence-electron chi connectivity index (χ1n) is 6.37. The molecule has 1 aliphatic rings. The molecule has 0 aromatic heterocycles. The Balaban J connectivity index is 2.16. The molecule has 1 heterocycles. The fourth-order valence-corrected chi connectivity index (χ4v) is 2.31. The van der Waals surface area contributed by atoms with Crippen molar-refractivity contribution in [2.24, 2.45) is 0 Å². The molecule has 5 nitrogen and oxygen atoms in total. The topological polar surface area (TPSA) is 69.4 Å². The van der Waals surface area contributed by atoms with Gasteiger partial charge < -0.3 is 4.74 Å². The molecule has 2 aromatic carbocycles. The number of fused-ring (bicyclic) bond motifs is 1. The Labute approximate surface area is 120 Å². The Morgan fingerprint density at radius 3 is 2.62 bits per heavy atom. The molecule has 21 heavy (non-hydrogen) atoms. The summed E-state index contributed by atoms with van der Waals surface area (Å²) in [4.78, 5) is 22.6. The molecule has 104 valence electrons. The van der Waals surface area contributed by atoms with E-state index in [4.69, 9.17) is 4.74 Å². The number of benzene rings is 2. The standard InChI is InChI=1S/C16H11NO4/c18-16-14(13-7-3-1-6-12(13)10-21-16)9-11-5-2-4-8-15(11)17(19)20/h1-9H,10H2/b14-9+. The molecule has 0 saturated carbocycles. The third-order valence-corrected chi connectivity index (χ3v) is 3.32. The van der Waals surface area contributed by atoms with Gasteiger partial charge in [0.1, 0.15) is 6.61 Å². The van der Waals surface area contributed by atoms with Crippen molar-refractivity contribution in [3.63, 3.8) is 0 Å². The number of esters is 1. The van der Waals surface area contributed by atoms with Gasteiger partial charge in [0.05, 0.1) is 16.1 Å². The number of carbonyl (C=O) groups excluding carboxylic acids is 1. The normalized spacial score (nSPS) is 15.4. The van der Waals surface area contributed by atoms with Gasteiger partial charge in [-0.1, -0.05) is 36.4 Å². The van der Waals surface area contributed by atoms with Crippen molar-refractivity contribution in [1.82, 2.24) is 0 Å². The lowest BCUT2D eigenvalue weighted by atomic mass is 9.96. The molecule has 0 amide bonds. The average molecular weight is 281 g/mol. The first-order chi connectivity index (χ1) is 10.2. The maximum Gasteiger partial charge on any atom is 0.339 e. The molecule has 0 bridgehead atoms. The number of nitro groups is 1. The number of para-hydroxylation sites is 1. The smallest absolute Gasteiger partial charge is 0.339 e. The zero-order chi connectivity index (χ0) is 14.8. The lowest BCUT2D eigenvalue weighted by molar-refractivity contribution is -0.385. The Morgan fingerprint density at radius 2 is 1.81 bits per heavy atom. The molecule has 0 atom stereocenters. The van der Waals surface area contributed by atoms with Gasteiger partial charge in [-0.3, -0.25) is 10.1 Å². The van der Waals surface area contributed by atoms with E-state index in [-0.39, 0.29) is 12.3 Å². The second-order valence-electron chi connectivity index (χ2n) is 4.61. The van der Waals surface area contributed by atoms with Gasteiger partial charge in [0.25, 0.3) is 5.69 Å². The molecule has 1 aliphatic heterocycles.